The molecule has 4 nitrogen and oxygen atoms in total. The molecule has 0 aliphatic carbocycles. The van der Waals surface area contributed by atoms with Crippen molar-refractivity contribution < 1.29 is 4.52 Å². The third-order valence-corrected chi connectivity index (χ3v) is 2.42. The number of aromatic amines is 1. The van der Waals surface area contributed by atoms with Crippen LogP contribution in [0, 0.1) is 3.57 Å². The van der Waals surface area contributed by atoms with Gasteiger partial charge in [0.2, 0.25) is 0 Å². The molecule has 1 aromatic heterocycles. The van der Waals surface area contributed by atoms with Gasteiger partial charge in [-0.25, -0.2) is 4.79 Å². The number of nitrogens with zero attached hydrogens (tertiary/aromatic N) is 1. The molecule has 2 rings (SSSR count). The van der Waals surface area contributed by atoms with Crippen molar-refractivity contribution in [3.8, 4) is 0 Å². The number of H-pyrrole nitrogens is 1. The predicted molar refractivity (Wildman–Crippen MR) is 59.1 cm³/mol. The van der Waals surface area contributed by atoms with Crippen LogP contribution in [0.4, 0.5) is 0 Å². The number of hydrogen-bond donors (Lipinski definition) is 1. The maximum atomic E-state index is 10.7. The topological polar surface area (TPSA) is 58.9 Å². The van der Waals surface area contributed by atoms with Crippen molar-refractivity contribution in [2.45, 2.75) is 6.42 Å². The van der Waals surface area contributed by atoms with E-state index in [1.54, 1.807) is 0 Å². The fourth-order valence-electron chi connectivity index (χ4n) is 1.18. The lowest BCUT2D eigenvalue weighted by molar-refractivity contribution is 0.382. The van der Waals surface area contributed by atoms with Crippen LogP contribution >= 0.6 is 22.6 Å². The summed E-state index contributed by atoms with van der Waals surface area (Å²) in [5.41, 5.74) is 1.10. The number of benzene rings is 1. The molecule has 1 heterocycles. The van der Waals surface area contributed by atoms with Gasteiger partial charge in [0, 0.05) is 9.99 Å². The molecule has 72 valence electrons. The molecule has 14 heavy (non-hydrogen) atoms. The monoisotopic (exact) mass is 302 g/mol. The second-order valence-electron chi connectivity index (χ2n) is 2.85. The summed E-state index contributed by atoms with van der Waals surface area (Å²) in [5.74, 6) is 0.0441. The van der Waals surface area contributed by atoms with Crippen molar-refractivity contribution in [1.29, 1.82) is 0 Å². The fraction of sp³-hybridized carbons (Fsp3) is 0.111. The summed E-state index contributed by atoms with van der Waals surface area (Å²) < 4.78 is 5.56. The van der Waals surface area contributed by atoms with Crippen LogP contribution in [0.3, 0.4) is 0 Å². The van der Waals surface area contributed by atoms with Gasteiger partial charge in [0.25, 0.3) is 0 Å². The van der Waals surface area contributed by atoms with Crippen LogP contribution in [-0.2, 0) is 6.42 Å². The van der Waals surface area contributed by atoms with Crippen LogP contribution in [-0.4, -0.2) is 10.1 Å². The first-order chi connectivity index (χ1) is 6.74. The van der Waals surface area contributed by atoms with Gasteiger partial charge in [-0.15, -0.1) is 0 Å². The summed E-state index contributed by atoms with van der Waals surface area (Å²) in [6.07, 6.45) is 0.586. The van der Waals surface area contributed by atoms with E-state index in [4.69, 9.17) is 0 Å². The first-order valence-corrected chi connectivity index (χ1v) is 5.11. The van der Waals surface area contributed by atoms with Crippen molar-refractivity contribution in [3.63, 3.8) is 0 Å². The largest absolute Gasteiger partial charge is 0.438 e. The standard InChI is InChI=1S/C9H7IN2O2/c10-7-3-1-2-6(4-7)5-8-11-9(13)14-12-8/h1-4H,5H2,(H,11,12,13). The van der Waals surface area contributed by atoms with Crippen molar-refractivity contribution in [2.24, 2.45) is 0 Å². The second-order valence-corrected chi connectivity index (χ2v) is 4.09. The molecule has 0 amide bonds. The zero-order chi connectivity index (χ0) is 9.97. The zero-order valence-electron chi connectivity index (χ0n) is 7.16. The fourth-order valence-corrected chi connectivity index (χ4v) is 1.78. The van der Waals surface area contributed by atoms with Crippen molar-refractivity contribution in [3.05, 3.63) is 49.8 Å². The number of halogens is 1. The van der Waals surface area contributed by atoms with Crippen molar-refractivity contribution in [2.75, 3.05) is 0 Å². The molecule has 0 aliphatic heterocycles. The summed E-state index contributed by atoms with van der Waals surface area (Å²) in [5, 5.41) is 3.60. The van der Waals surface area contributed by atoms with Crippen molar-refractivity contribution >= 4 is 22.6 Å². The first-order valence-electron chi connectivity index (χ1n) is 4.03. The average Bonchev–Trinajstić information content (AvgIpc) is 2.51. The Morgan fingerprint density at radius 3 is 3.00 bits per heavy atom. The van der Waals surface area contributed by atoms with Gasteiger partial charge in [-0.05, 0) is 40.3 Å². The molecule has 0 bridgehead atoms. The lowest BCUT2D eigenvalue weighted by Crippen LogP contribution is -1.98. The highest BCUT2D eigenvalue weighted by Gasteiger charge is 2.01. The van der Waals surface area contributed by atoms with Crippen LogP contribution in [0.1, 0.15) is 11.4 Å². The minimum atomic E-state index is -0.509. The molecular weight excluding hydrogens is 295 g/mol. The maximum absolute atomic E-state index is 10.7. The Labute approximate surface area is 93.5 Å². The van der Waals surface area contributed by atoms with Gasteiger partial charge in [0.15, 0.2) is 5.82 Å². The molecule has 0 spiro atoms. The number of hydrogen-bond acceptors (Lipinski definition) is 3. The van der Waals surface area contributed by atoms with Crippen molar-refractivity contribution in [1.82, 2.24) is 10.1 Å². The molecule has 1 N–H and O–H groups in total. The summed E-state index contributed by atoms with van der Waals surface area (Å²) >= 11 is 2.24. The van der Waals surface area contributed by atoms with E-state index in [0.29, 0.717) is 12.2 Å². The predicted octanol–water partition coefficient (Wildman–Crippen LogP) is 1.56. The SMILES string of the molecule is O=c1[nH]c(Cc2cccc(I)c2)no1. The van der Waals surface area contributed by atoms with Crippen LogP contribution in [0.25, 0.3) is 0 Å². The Bertz CT molecular complexity index is 489. The van der Waals surface area contributed by atoms with Gasteiger partial charge >= 0.3 is 5.76 Å². The maximum Gasteiger partial charge on any atom is 0.438 e. The third-order valence-electron chi connectivity index (χ3n) is 1.75. The molecular formula is C9H7IN2O2. The van der Waals surface area contributed by atoms with E-state index in [1.165, 1.54) is 0 Å². The third kappa shape index (κ3) is 2.22. The lowest BCUT2D eigenvalue weighted by Gasteiger charge is -1.97. The normalized spacial score (nSPS) is 10.4. The minimum Gasteiger partial charge on any atom is -0.296 e. The summed E-state index contributed by atoms with van der Waals surface area (Å²) in [7, 11) is 0. The minimum absolute atomic E-state index is 0.509. The van der Waals surface area contributed by atoms with E-state index in [-0.39, 0.29) is 0 Å². The van der Waals surface area contributed by atoms with Gasteiger partial charge in [0.05, 0.1) is 0 Å². The molecule has 2 aromatic rings. The van der Waals surface area contributed by atoms with Gasteiger partial charge in [0.1, 0.15) is 0 Å². The molecule has 0 atom stereocenters. The average molecular weight is 302 g/mol. The van der Waals surface area contributed by atoms with Gasteiger partial charge in [-0.3, -0.25) is 9.51 Å². The van der Waals surface area contributed by atoms with E-state index < -0.39 is 5.76 Å². The van der Waals surface area contributed by atoms with E-state index in [9.17, 15) is 4.79 Å². The quantitative estimate of drug-likeness (QED) is 0.857. The van der Waals surface area contributed by atoms with E-state index in [1.807, 2.05) is 24.3 Å². The summed E-state index contributed by atoms with van der Waals surface area (Å²) in [4.78, 5) is 13.2. The van der Waals surface area contributed by atoms with Gasteiger partial charge in [-0.2, -0.15) is 0 Å². The Morgan fingerprint density at radius 1 is 1.50 bits per heavy atom. The summed E-state index contributed by atoms with van der Waals surface area (Å²) in [6.45, 7) is 0. The zero-order valence-corrected chi connectivity index (χ0v) is 9.32. The highest BCUT2D eigenvalue weighted by Crippen LogP contribution is 2.09. The number of nitrogens with one attached hydrogen (secondary N) is 1. The van der Waals surface area contributed by atoms with E-state index in [0.717, 1.165) is 9.13 Å². The highest BCUT2D eigenvalue weighted by atomic mass is 127. The molecule has 0 aliphatic rings. The molecule has 0 saturated heterocycles. The number of aromatic nitrogens is 2. The highest BCUT2D eigenvalue weighted by molar-refractivity contribution is 14.1. The Balaban J connectivity index is 2.22. The van der Waals surface area contributed by atoms with Crippen LogP contribution < -0.4 is 5.76 Å². The Morgan fingerprint density at radius 2 is 2.36 bits per heavy atom. The Kier molecular flexibility index (Phi) is 2.67. The molecule has 0 saturated carbocycles. The van der Waals surface area contributed by atoms with E-state index >= 15 is 0 Å². The molecule has 0 unspecified atom stereocenters. The molecule has 1 aromatic carbocycles. The van der Waals surface area contributed by atoms with Gasteiger partial charge in [-0.1, -0.05) is 17.3 Å². The lowest BCUT2D eigenvalue weighted by atomic mass is 10.1. The van der Waals surface area contributed by atoms with Crippen LogP contribution in [0.15, 0.2) is 33.6 Å². The molecule has 0 radical (unpaired) electrons. The smallest absolute Gasteiger partial charge is 0.296 e. The van der Waals surface area contributed by atoms with Crippen LogP contribution in [0.5, 0.6) is 0 Å². The second kappa shape index (κ2) is 3.95. The molecule has 0 fully saturated rings. The number of rotatable bonds is 2. The van der Waals surface area contributed by atoms with Gasteiger partial charge < -0.3 is 0 Å². The summed E-state index contributed by atoms with van der Waals surface area (Å²) in [6, 6.07) is 7.99. The van der Waals surface area contributed by atoms with E-state index in [2.05, 4.69) is 37.3 Å². The van der Waals surface area contributed by atoms with Crippen LogP contribution in [0.2, 0.25) is 0 Å². The first kappa shape index (κ1) is 9.45. The Hall–Kier alpha value is -1.11. The molecule has 5 heteroatoms.